The van der Waals surface area contributed by atoms with Gasteiger partial charge in [0, 0.05) is 19.6 Å². The first-order valence-electron chi connectivity index (χ1n) is 6.35. The van der Waals surface area contributed by atoms with Crippen molar-refractivity contribution in [1.82, 2.24) is 9.62 Å². The highest BCUT2D eigenvalue weighted by molar-refractivity contribution is 7.89. The fourth-order valence-corrected chi connectivity index (χ4v) is 5.32. The number of ether oxygens (including phenoxy) is 1. The van der Waals surface area contributed by atoms with Gasteiger partial charge in [-0.1, -0.05) is 0 Å². The van der Waals surface area contributed by atoms with E-state index in [1.807, 2.05) is 0 Å². The molecular formula is C12H18N2O4S2. The topological polar surface area (TPSA) is 75.7 Å². The van der Waals surface area contributed by atoms with Gasteiger partial charge in [-0.2, -0.15) is 4.31 Å². The summed E-state index contributed by atoms with van der Waals surface area (Å²) in [5, 5.41) is 4.84. The lowest BCUT2D eigenvalue weighted by molar-refractivity contribution is 0.0602. The summed E-state index contributed by atoms with van der Waals surface area (Å²) in [5.74, 6) is -0.602. The van der Waals surface area contributed by atoms with Crippen LogP contribution in [-0.4, -0.2) is 52.0 Å². The van der Waals surface area contributed by atoms with E-state index < -0.39 is 16.0 Å². The second kappa shape index (κ2) is 6.21. The minimum atomic E-state index is -3.66. The van der Waals surface area contributed by atoms with E-state index in [-0.39, 0.29) is 9.77 Å². The first-order valence-corrected chi connectivity index (χ1v) is 8.67. The molecule has 0 spiro atoms. The smallest absolute Gasteiger partial charge is 0.349 e. The lowest BCUT2D eigenvalue weighted by atomic mass is 10.3. The van der Waals surface area contributed by atoms with Crippen LogP contribution in [0.3, 0.4) is 0 Å². The van der Waals surface area contributed by atoms with Gasteiger partial charge in [0.25, 0.3) is 0 Å². The molecule has 0 atom stereocenters. The van der Waals surface area contributed by atoms with E-state index >= 15 is 0 Å². The molecule has 112 valence electrons. The highest BCUT2D eigenvalue weighted by Crippen LogP contribution is 2.30. The molecule has 1 aliphatic rings. The van der Waals surface area contributed by atoms with Gasteiger partial charge in [-0.05, 0) is 30.8 Å². The predicted octanol–water partition coefficient (Wildman–Crippen LogP) is 0.827. The molecule has 1 N–H and O–H groups in total. The Morgan fingerprint density at radius 1 is 1.40 bits per heavy atom. The van der Waals surface area contributed by atoms with E-state index in [2.05, 4.69) is 10.1 Å². The van der Waals surface area contributed by atoms with E-state index in [1.54, 1.807) is 12.3 Å². The lowest BCUT2D eigenvalue weighted by Gasteiger charge is -2.20. The Hall–Kier alpha value is -0.960. The third-order valence-electron chi connectivity index (χ3n) is 3.19. The number of rotatable bonds is 3. The lowest BCUT2D eigenvalue weighted by Crippen LogP contribution is -2.35. The Balaban J connectivity index is 2.43. The van der Waals surface area contributed by atoms with Crippen LogP contribution in [0.4, 0.5) is 0 Å². The zero-order chi connectivity index (χ0) is 14.8. The van der Waals surface area contributed by atoms with Crippen molar-refractivity contribution in [2.24, 2.45) is 0 Å². The van der Waals surface area contributed by atoms with Crippen LogP contribution in [0.5, 0.6) is 0 Å². The van der Waals surface area contributed by atoms with Crippen molar-refractivity contribution < 1.29 is 17.9 Å². The number of nitrogens with zero attached hydrogens (tertiary/aromatic N) is 1. The SMILES string of the molecule is COC(=O)c1scc(C)c1S(=O)(=O)N1CCCNCC1. The number of carbonyl (C=O) groups excluding carboxylic acids is 1. The molecule has 1 aliphatic heterocycles. The van der Waals surface area contributed by atoms with Crippen molar-refractivity contribution in [2.45, 2.75) is 18.2 Å². The summed E-state index contributed by atoms with van der Waals surface area (Å²) in [7, 11) is -2.40. The van der Waals surface area contributed by atoms with Crippen LogP contribution < -0.4 is 5.32 Å². The normalized spacial score (nSPS) is 17.7. The van der Waals surface area contributed by atoms with Gasteiger partial charge in [-0.3, -0.25) is 0 Å². The molecule has 1 saturated heterocycles. The first kappa shape index (κ1) is 15.4. The average Bonchev–Trinajstić information content (AvgIpc) is 2.66. The molecule has 0 radical (unpaired) electrons. The Morgan fingerprint density at radius 3 is 2.85 bits per heavy atom. The molecule has 0 saturated carbocycles. The van der Waals surface area contributed by atoms with Crippen LogP contribution >= 0.6 is 11.3 Å². The van der Waals surface area contributed by atoms with Crippen molar-refractivity contribution in [1.29, 1.82) is 0 Å². The monoisotopic (exact) mass is 318 g/mol. The largest absolute Gasteiger partial charge is 0.465 e. The maximum Gasteiger partial charge on any atom is 0.349 e. The minimum Gasteiger partial charge on any atom is -0.465 e. The second-order valence-electron chi connectivity index (χ2n) is 4.58. The highest BCUT2D eigenvalue weighted by atomic mass is 32.2. The number of sulfonamides is 1. The minimum absolute atomic E-state index is 0.0938. The van der Waals surface area contributed by atoms with E-state index in [1.165, 1.54) is 11.4 Å². The molecule has 0 aliphatic carbocycles. The van der Waals surface area contributed by atoms with Gasteiger partial charge in [0.15, 0.2) is 0 Å². The molecule has 1 aromatic rings. The third-order valence-corrected chi connectivity index (χ3v) is 6.48. The Kier molecular flexibility index (Phi) is 4.79. The summed E-state index contributed by atoms with van der Waals surface area (Å²) < 4.78 is 31.6. The molecule has 6 nitrogen and oxygen atoms in total. The molecule has 1 fully saturated rings. The van der Waals surface area contributed by atoms with Gasteiger partial charge in [0.1, 0.15) is 9.77 Å². The molecular weight excluding hydrogens is 300 g/mol. The Bertz CT molecular complexity index is 587. The van der Waals surface area contributed by atoms with Crippen LogP contribution in [-0.2, 0) is 14.8 Å². The van der Waals surface area contributed by atoms with Gasteiger partial charge < -0.3 is 10.1 Å². The summed E-state index contributed by atoms with van der Waals surface area (Å²) in [6, 6.07) is 0. The van der Waals surface area contributed by atoms with Crippen LogP contribution in [0.2, 0.25) is 0 Å². The summed E-state index contributed by atoms with van der Waals surface area (Å²) in [6.45, 7) is 4.00. The summed E-state index contributed by atoms with van der Waals surface area (Å²) in [4.78, 5) is 12.0. The predicted molar refractivity (Wildman–Crippen MR) is 76.6 cm³/mol. The molecule has 20 heavy (non-hydrogen) atoms. The number of aryl methyl sites for hydroxylation is 1. The summed E-state index contributed by atoms with van der Waals surface area (Å²) in [6.07, 6.45) is 0.760. The van der Waals surface area contributed by atoms with Gasteiger partial charge in [-0.25, -0.2) is 13.2 Å². The molecule has 0 bridgehead atoms. The van der Waals surface area contributed by atoms with Gasteiger partial charge in [0.05, 0.1) is 7.11 Å². The number of hydrogen-bond donors (Lipinski definition) is 1. The van der Waals surface area contributed by atoms with Crippen LogP contribution in [0, 0.1) is 6.92 Å². The number of hydrogen-bond acceptors (Lipinski definition) is 6. The zero-order valence-corrected chi connectivity index (χ0v) is 13.1. The van der Waals surface area contributed by atoms with Crippen molar-refractivity contribution in [2.75, 3.05) is 33.3 Å². The van der Waals surface area contributed by atoms with Crippen LogP contribution in [0.25, 0.3) is 0 Å². The molecule has 1 aromatic heterocycles. The first-order chi connectivity index (χ1) is 9.48. The van der Waals surface area contributed by atoms with Crippen molar-refractivity contribution in [3.63, 3.8) is 0 Å². The highest BCUT2D eigenvalue weighted by Gasteiger charge is 2.32. The van der Waals surface area contributed by atoms with Gasteiger partial charge >= 0.3 is 5.97 Å². The number of esters is 1. The van der Waals surface area contributed by atoms with Crippen molar-refractivity contribution in [3.05, 3.63) is 15.8 Å². The van der Waals surface area contributed by atoms with Crippen LogP contribution in [0.1, 0.15) is 21.7 Å². The second-order valence-corrected chi connectivity index (χ2v) is 7.33. The maximum atomic E-state index is 12.8. The molecule has 8 heteroatoms. The Labute approximate surface area is 122 Å². The molecule has 2 heterocycles. The van der Waals surface area contributed by atoms with E-state index in [9.17, 15) is 13.2 Å². The summed E-state index contributed by atoms with van der Waals surface area (Å²) >= 11 is 1.11. The van der Waals surface area contributed by atoms with Gasteiger partial charge in [-0.15, -0.1) is 11.3 Å². The number of nitrogens with one attached hydrogen (secondary N) is 1. The fraction of sp³-hybridized carbons (Fsp3) is 0.583. The average molecular weight is 318 g/mol. The zero-order valence-electron chi connectivity index (χ0n) is 11.5. The van der Waals surface area contributed by atoms with Crippen molar-refractivity contribution in [3.8, 4) is 0 Å². The third kappa shape index (κ3) is 2.88. The van der Waals surface area contributed by atoms with Crippen LogP contribution in [0.15, 0.2) is 10.3 Å². The van der Waals surface area contributed by atoms with Crippen molar-refractivity contribution >= 4 is 27.3 Å². The number of thiophene rings is 1. The fourth-order valence-electron chi connectivity index (χ4n) is 2.18. The quantitative estimate of drug-likeness (QED) is 0.835. The maximum absolute atomic E-state index is 12.8. The molecule has 2 rings (SSSR count). The van der Waals surface area contributed by atoms with E-state index in [4.69, 9.17) is 0 Å². The van der Waals surface area contributed by atoms with Gasteiger partial charge in [0.2, 0.25) is 10.0 Å². The number of carbonyl (C=O) groups is 1. The molecule has 0 aromatic carbocycles. The summed E-state index contributed by atoms with van der Waals surface area (Å²) in [5.41, 5.74) is 0.590. The van der Waals surface area contributed by atoms with E-state index in [0.29, 0.717) is 25.2 Å². The standard InChI is InChI=1S/C12H18N2O4S2/c1-9-8-19-10(12(15)18-2)11(9)20(16,17)14-6-3-4-13-5-7-14/h8,13H,3-7H2,1-2H3. The van der Waals surface area contributed by atoms with E-state index in [0.717, 1.165) is 24.3 Å². The molecule has 0 amide bonds. The Morgan fingerprint density at radius 2 is 2.15 bits per heavy atom. The number of methoxy groups -OCH3 is 1. The molecule has 0 unspecified atom stereocenters.